The van der Waals surface area contributed by atoms with E-state index in [1.54, 1.807) is 0 Å². The van der Waals surface area contributed by atoms with E-state index < -0.39 is 18.0 Å². The minimum Gasteiger partial charge on any atom is -0.480 e. The van der Waals surface area contributed by atoms with Gasteiger partial charge in [-0.3, -0.25) is 9.59 Å². The standard InChI is InChI=1S/C12H20N2O5/c1-7-5-8(3-4-13-7)11(16)14-9(12(17)18)6-10(15)19-2/h7-9,13H,3-6H2,1-2H3,(H,14,16)(H,17,18)/t7?,8?,9-/m0/s1. The Morgan fingerprint density at radius 3 is 2.68 bits per heavy atom. The summed E-state index contributed by atoms with van der Waals surface area (Å²) >= 11 is 0. The van der Waals surface area contributed by atoms with Gasteiger partial charge in [0.25, 0.3) is 0 Å². The number of hydrogen-bond acceptors (Lipinski definition) is 5. The summed E-state index contributed by atoms with van der Waals surface area (Å²) in [5.41, 5.74) is 0. The monoisotopic (exact) mass is 272 g/mol. The molecular formula is C12H20N2O5. The zero-order valence-electron chi connectivity index (χ0n) is 11.1. The fourth-order valence-corrected chi connectivity index (χ4v) is 2.11. The molecule has 1 heterocycles. The van der Waals surface area contributed by atoms with Crippen molar-refractivity contribution in [2.75, 3.05) is 13.7 Å². The highest BCUT2D eigenvalue weighted by Crippen LogP contribution is 2.16. The molecule has 3 N–H and O–H groups in total. The molecule has 0 radical (unpaired) electrons. The number of carboxylic acids is 1. The Morgan fingerprint density at radius 2 is 2.16 bits per heavy atom. The number of nitrogens with one attached hydrogen (secondary N) is 2. The van der Waals surface area contributed by atoms with Crippen LogP contribution in [0.4, 0.5) is 0 Å². The number of carboxylic acid groups (broad SMARTS) is 1. The number of amides is 1. The van der Waals surface area contributed by atoms with Crippen LogP contribution in [0.2, 0.25) is 0 Å². The summed E-state index contributed by atoms with van der Waals surface area (Å²) in [6.07, 6.45) is 0.967. The van der Waals surface area contributed by atoms with Crippen molar-refractivity contribution < 1.29 is 24.2 Å². The van der Waals surface area contributed by atoms with E-state index in [9.17, 15) is 14.4 Å². The summed E-state index contributed by atoms with van der Waals surface area (Å²) in [7, 11) is 1.18. The summed E-state index contributed by atoms with van der Waals surface area (Å²) in [5, 5.41) is 14.6. The van der Waals surface area contributed by atoms with Crippen LogP contribution in [0.1, 0.15) is 26.2 Å². The number of rotatable bonds is 5. The summed E-state index contributed by atoms with van der Waals surface area (Å²) in [5.74, 6) is -2.42. The third-order valence-electron chi connectivity index (χ3n) is 3.21. The van der Waals surface area contributed by atoms with Crippen LogP contribution in [0.15, 0.2) is 0 Å². The second kappa shape index (κ2) is 7.08. The van der Waals surface area contributed by atoms with Crippen molar-refractivity contribution in [1.29, 1.82) is 0 Å². The van der Waals surface area contributed by atoms with E-state index >= 15 is 0 Å². The third kappa shape index (κ3) is 4.86. The number of esters is 1. The molecule has 19 heavy (non-hydrogen) atoms. The summed E-state index contributed by atoms with van der Waals surface area (Å²) in [4.78, 5) is 34.1. The molecule has 0 bridgehead atoms. The maximum absolute atomic E-state index is 12.0. The molecule has 1 aliphatic rings. The minimum atomic E-state index is -1.24. The normalized spacial score (nSPS) is 24.3. The van der Waals surface area contributed by atoms with E-state index in [0.29, 0.717) is 12.8 Å². The van der Waals surface area contributed by atoms with E-state index in [4.69, 9.17) is 5.11 Å². The summed E-state index contributed by atoms with van der Waals surface area (Å²) in [6, 6.07) is -1.00. The number of methoxy groups -OCH3 is 1. The highest BCUT2D eigenvalue weighted by atomic mass is 16.5. The summed E-state index contributed by atoms with van der Waals surface area (Å²) < 4.78 is 4.41. The minimum absolute atomic E-state index is 0.212. The first-order valence-corrected chi connectivity index (χ1v) is 6.27. The molecule has 108 valence electrons. The van der Waals surface area contributed by atoms with E-state index in [1.165, 1.54) is 7.11 Å². The Hall–Kier alpha value is -1.63. The van der Waals surface area contributed by atoms with Gasteiger partial charge in [0.2, 0.25) is 5.91 Å². The topological polar surface area (TPSA) is 105 Å². The molecule has 1 saturated heterocycles. The Balaban J connectivity index is 2.55. The van der Waals surface area contributed by atoms with Crippen molar-refractivity contribution in [2.45, 2.75) is 38.3 Å². The average molecular weight is 272 g/mol. The van der Waals surface area contributed by atoms with Crippen molar-refractivity contribution in [1.82, 2.24) is 10.6 Å². The lowest BCUT2D eigenvalue weighted by Crippen LogP contribution is -2.48. The van der Waals surface area contributed by atoms with Crippen LogP contribution in [0.25, 0.3) is 0 Å². The molecular weight excluding hydrogens is 252 g/mol. The molecule has 0 aliphatic carbocycles. The SMILES string of the molecule is COC(=O)C[C@H](NC(=O)C1CCNC(C)C1)C(=O)O. The van der Waals surface area contributed by atoms with Crippen molar-refractivity contribution in [3.8, 4) is 0 Å². The van der Waals surface area contributed by atoms with Gasteiger partial charge in [0, 0.05) is 12.0 Å². The lowest BCUT2D eigenvalue weighted by Gasteiger charge is -2.28. The Bertz CT molecular complexity index is 358. The molecule has 1 aliphatic heterocycles. The van der Waals surface area contributed by atoms with Crippen LogP contribution < -0.4 is 10.6 Å². The van der Waals surface area contributed by atoms with Crippen LogP contribution in [-0.2, 0) is 19.1 Å². The van der Waals surface area contributed by atoms with E-state index in [0.717, 1.165) is 6.54 Å². The molecule has 2 unspecified atom stereocenters. The van der Waals surface area contributed by atoms with Crippen LogP contribution in [0.5, 0.6) is 0 Å². The van der Waals surface area contributed by atoms with Gasteiger partial charge in [0.05, 0.1) is 13.5 Å². The largest absolute Gasteiger partial charge is 0.480 e. The van der Waals surface area contributed by atoms with Gasteiger partial charge < -0.3 is 20.5 Å². The van der Waals surface area contributed by atoms with Gasteiger partial charge >= 0.3 is 11.9 Å². The van der Waals surface area contributed by atoms with Crippen LogP contribution in [0.3, 0.4) is 0 Å². The summed E-state index contributed by atoms with van der Waals surface area (Å²) in [6.45, 7) is 2.70. The van der Waals surface area contributed by atoms with E-state index in [2.05, 4.69) is 15.4 Å². The van der Waals surface area contributed by atoms with Crippen LogP contribution >= 0.6 is 0 Å². The van der Waals surface area contributed by atoms with Crippen LogP contribution in [0, 0.1) is 5.92 Å². The zero-order valence-corrected chi connectivity index (χ0v) is 11.1. The molecule has 0 aromatic carbocycles. The third-order valence-corrected chi connectivity index (χ3v) is 3.21. The number of piperidine rings is 1. The van der Waals surface area contributed by atoms with Crippen molar-refractivity contribution in [3.05, 3.63) is 0 Å². The van der Waals surface area contributed by atoms with Gasteiger partial charge in [-0.2, -0.15) is 0 Å². The van der Waals surface area contributed by atoms with Crippen molar-refractivity contribution in [2.24, 2.45) is 5.92 Å². The van der Waals surface area contributed by atoms with Gasteiger partial charge in [-0.25, -0.2) is 4.79 Å². The lowest BCUT2D eigenvalue weighted by molar-refractivity contribution is -0.149. The molecule has 1 fully saturated rings. The van der Waals surface area contributed by atoms with Crippen molar-refractivity contribution in [3.63, 3.8) is 0 Å². The van der Waals surface area contributed by atoms with E-state index in [-0.39, 0.29) is 24.3 Å². The highest BCUT2D eigenvalue weighted by Gasteiger charge is 2.29. The second-order valence-electron chi connectivity index (χ2n) is 4.76. The zero-order chi connectivity index (χ0) is 14.4. The van der Waals surface area contributed by atoms with Gasteiger partial charge in [-0.15, -0.1) is 0 Å². The van der Waals surface area contributed by atoms with Crippen molar-refractivity contribution >= 4 is 17.8 Å². The number of hydrogen-bond donors (Lipinski definition) is 3. The fraction of sp³-hybridized carbons (Fsp3) is 0.750. The molecule has 3 atom stereocenters. The second-order valence-corrected chi connectivity index (χ2v) is 4.76. The van der Waals surface area contributed by atoms with Gasteiger partial charge in [0.1, 0.15) is 6.04 Å². The average Bonchev–Trinajstić information content (AvgIpc) is 2.37. The molecule has 0 aromatic rings. The molecule has 0 aromatic heterocycles. The molecule has 1 amide bonds. The fourth-order valence-electron chi connectivity index (χ4n) is 2.11. The smallest absolute Gasteiger partial charge is 0.326 e. The van der Waals surface area contributed by atoms with Gasteiger partial charge in [-0.1, -0.05) is 0 Å². The first kappa shape index (κ1) is 15.4. The molecule has 0 saturated carbocycles. The van der Waals surface area contributed by atoms with Gasteiger partial charge in [0.15, 0.2) is 0 Å². The maximum Gasteiger partial charge on any atom is 0.326 e. The number of carbonyl (C=O) groups excluding carboxylic acids is 2. The molecule has 7 heteroatoms. The molecule has 1 rings (SSSR count). The Kier molecular flexibility index (Phi) is 5.75. The van der Waals surface area contributed by atoms with Gasteiger partial charge in [-0.05, 0) is 26.3 Å². The molecule has 0 spiro atoms. The predicted molar refractivity (Wildman–Crippen MR) is 66.4 cm³/mol. The highest BCUT2D eigenvalue weighted by molar-refractivity contribution is 5.88. The quantitative estimate of drug-likeness (QED) is 0.583. The Labute approximate surface area is 111 Å². The number of aliphatic carboxylic acids is 1. The molecule has 7 nitrogen and oxygen atoms in total. The lowest BCUT2D eigenvalue weighted by atomic mass is 9.92. The first-order chi connectivity index (χ1) is 8.93. The number of carbonyl (C=O) groups is 3. The maximum atomic E-state index is 12.0. The first-order valence-electron chi connectivity index (χ1n) is 6.27. The number of ether oxygens (including phenoxy) is 1. The Morgan fingerprint density at radius 1 is 1.47 bits per heavy atom. The van der Waals surface area contributed by atoms with Crippen LogP contribution in [-0.4, -0.2) is 48.7 Å². The van der Waals surface area contributed by atoms with E-state index in [1.807, 2.05) is 6.92 Å². The predicted octanol–water partition coefficient (Wildman–Crippen LogP) is -0.493.